The van der Waals surface area contributed by atoms with Crippen LogP contribution in [0.15, 0.2) is 12.7 Å². The van der Waals surface area contributed by atoms with Crippen molar-refractivity contribution in [2.75, 3.05) is 13.2 Å². The second-order valence-corrected chi connectivity index (χ2v) is 5.18. The molecule has 0 spiro atoms. The minimum absolute atomic E-state index is 0.0800. The zero-order chi connectivity index (χ0) is 13.4. The van der Waals surface area contributed by atoms with E-state index in [1.54, 1.807) is 0 Å². The Morgan fingerprint density at radius 2 is 2.22 bits per heavy atom. The van der Waals surface area contributed by atoms with Crippen molar-refractivity contribution in [3.8, 4) is 0 Å². The Bertz CT molecular complexity index is 278. The number of esters is 1. The summed E-state index contributed by atoms with van der Waals surface area (Å²) in [4.78, 5) is 12.3. The zero-order valence-electron chi connectivity index (χ0n) is 11.8. The molecule has 3 nitrogen and oxygen atoms in total. The van der Waals surface area contributed by atoms with E-state index in [1.165, 1.54) is 12.8 Å². The molecule has 1 N–H and O–H groups in total. The molecule has 0 saturated heterocycles. The van der Waals surface area contributed by atoms with Gasteiger partial charge in [-0.2, -0.15) is 0 Å². The maximum Gasteiger partial charge on any atom is 0.326 e. The number of ether oxygens (including phenoxy) is 1. The molecule has 0 amide bonds. The average Bonchev–Trinajstić information content (AvgIpc) is 2.60. The molecule has 0 aliphatic heterocycles. The Labute approximate surface area is 111 Å². The lowest BCUT2D eigenvalue weighted by molar-refractivity contribution is -0.151. The molecule has 1 aliphatic carbocycles. The molecule has 2 atom stereocenters. The van der Waals surface area contributed by atoms with E-state index in [0.717, 1.165) is 31.6 Å². The summed E-state index contributed by atoms with van der Waals surface area (Å²) in [5, 5.41) is 3.36. The number of carbonyl (C=O) groups is 1. The average molecular weight is 253 g/mol. The van der Waals surface area contributed by atoms with Crippen LogP contribution < -0.4 is 5.32 Å². The summed E-state index contributed by atoms with van der Waals surface area (Å²) in [6, 6.07) is 0. The van der Waals surface area contributed by atoms with Crippen molar-refractivity contribution in [3.63, 3.8) is 0 Å². The van der Waals surface area contributed by atoms with E-state index in [2.05, 4.69) is 18.8 Å². The Kier molecular flexibility index (Phi) is 6.41. The van der Waals surface area contributed by atoms with Gasteiger partial charge in [0, 0.05) is 6.54 Å². The normalized spacial score (nSPS) is 28.4. The van der Waals surface area contributed by atoms with Crippen LogP contribution in [0, 0.1) is 5.92 Å². The molecule has 1 aliphatic rings. The molecule has 0 heterocycles. The molecule has 1 saturated carbocycles. The quantitative estimate of drug-likeness (QED) is 0.449. The Morgan fingerprint density at radius 1 is 1.44 bits per heavy atom. The van der Waals surface area contributed by atoms with Crippen LogP contribution in [0.25, 0.3) is 0 Å². The minimum atomic E-state index is -0.478. The smallest absolute Gasteiger partial charge is 0.326 e. The largest absolute Gasteiger partial charge is 0.465 e. The molecular weight excluding hydrogens is 226 g/mol. The van der Waals surface area contributed by atoms with Crippen molar-refractivity contribution in [2.24, 2.45) is 5.92 Å². The molecule has 3 heteroatoms. The second kappa shape index (κ2) is 7.57. The first-order valence-electron chi connectivity index (χ1n) is 7.21. The monoisotopic (exact) mass is 253 g/mol. The molecule has 0 aromatic heterocycles. The molecule has 2 unspecified atom stereocenters. The van der Waals surface area contributed by atoms with Gasteiger partial charge in [0.2, 0.25) is 0 Å². The SMILES string of the molecule is C=CCNC1(C(=O)OCC)CCCC(CC)CC1. The molecule has 1 rings (SSSR count). The summed E-state index contributed by atoms with van der Waals surface area (Å²) < 4.78 is 5.27. The van der Waals surface area contributed by atoms with Crippen molar-refractivity contribution >= 4 is 5.97 Å². The highest BCUT2D eigenvalue weighted by Crippen LogP contribution is 2.32. The van der Waals surface area contributed by atoms with Gasteiger partial charge in [-0.3, -0.25) is 10.1 Å². The summed E-state index contributed by atoms with van der Waals surface area (Å²) in [6.45, 7) is 8.94. The molecule has 0 radical (unpaired) electrons. The fraction of sp³-hybridized carbons (Fsp3) is 0.800. The molecule has 0 aromatic carbocycles. The highest BCUT2D eigenvalue weighted by atomic mass is 16.5. The van der Waals surface area contributed by atoms with Gasteiger partial charge in [0.25, 0.3) is 0 Å². The van der Waals surface area contributed by atoms with Gasteiger partial charge >= 0.3 is 5.97 Å². The standard InChI is InChI=1S/C15H27NO2/c1-4-12-16-15(14(17)18-6-3)10-7-8-13(5-2)9-11-15/h4,13,16H,1,5-12H2,2-3H3. The Hall–Kier alpha value is -0.830. The molecule has 104 valence electrons. The molecule has 0 aromatic rings. The Balaban J connectivity index is 2.75. The summed E-state index contributed by atoms with van der Waals surface area (Å²) >= 11 is 0. The Morgan fingerprint density at radius 3 is 2.83 bits per heavy atom. The van der Waals surface area contributed by atoms with Crippen LogP contribution in [-0.2, 0) is 9.53 Å². The highest BCUT2D eigenvalue weighted by molar-refractivity contribution is 5.81. The van der Waals surface area contributed by atoms with Gasteiger partial charge in [-0.1, -0.05) is 32.3 Å². The van der Waals surface area contributed by atoms with Crippen LogP contribution in [-0.4, -0.2) is 24.7 Å². The third-order valence-electron chi connectivity index (χ3n) is 4.02. The van der Waals surface area contributed by atoms with E-state index in [9.17, 15) is 4.79 Å². The van der Waals surface area contributed by atoms with Crippen molar-refractivity contribution in [1.82, 2.24) is 5.32 Å². The number of nitrogens with one attached hydrogen (secondary N) is 1. The van der Waals surface area contributed by atoms with Gasteiger partial charge in [0.15, 0.2) is 0 Å². The second-order valence-electron chi connectivity index (χ2n) is 5.18. The third-order valence-corrected chi connectivity index (χ3v) is 4.02. The number of carbonyl (C=O) groups excluding carboxylic acids is 1. The lowest BCUT2D eigenvalue weighted by Crippen LogP contribution is -2.52. The van der Waals surface area contributed by atoms with Crippen molar-refractivity contribution in [1.29, 1.82) is 0 Å². The van der Waals surface area contributed by atoms with Crippen LogP contribution >= 0.6 is 0 Å². The first-order chi connectivity index (χ1) is 8.68. The lowest BCUT2D eigenvalue weighted by atomic mass is 9.89. The van der Waals surface area contributed by atoms with E-state index in [1.807, 2.05) is 13.0 Å². The maximum atomic E-state index is 12.3. The first kappa shape index (κ1) is 15.2. The zero-order valence-corrected chi connectivity index (χ0v) is 11.8. The van der Waals surface area contributed by atoms with E-state index in [4.69, 9.17) is 4.74 Å². The van der Waals surface area contributed by atoms with Gasteiger partial charge in [-0.05, 0) is 32.1 Å². The van der Waals surface area contributed by atoms with E-state index < -0.39 is 5.54 Å². The fourth-order valence-corrected chi connectivity index (χ4v) is 2.81. The van der Waals surface area contributed by atoms with Gasteiger partial charge in [-0.15, -0.1) is 6.58 Å². The molecular formula is C15H27NO2. The van der Waals surface area contributed by atoms with Gasteiger partial charge in [0.1, 0.15) is 5.54 Å². The van der Waals surface area contributed by atoms with Crippen molar-refractivity contribution < 1.29 is 9.53 Å². The summed E-state index contributed by atoms with van der Waals surface area (Å²) in [6.07, 6.45) is 8.23. The van der Waals surface area contributed by atoms with Crippen LogP contribution in [0.3, 0.4) is 0 Å². The van der Waals surface area contributed by atoms with Crippen LogP contribution in [0.5, 0.6) is 0 Å². The van der Waals surface area contributed by atoms with Gasteiger partial charge < -0.3 is 4.74 Å². The molecule has 1 fully saturated rings. The predicted molar refractivity (Wildman–Crippen MR) is 74.4 cm³/mol. The topological polar surface area (TPSA) is 38.3 Å². The van der Waals surface area contributed by atoms with Crippen LogP contribution in [0.1, 0.15) is 52.4 Å². The van der Waals surface area contributed by atoms with Crippen LogP contribution in [0.2, 0.25) is 0 Å². The van der Waals surface area contributed by atoms with Crippen molar-refractivity contribution in [3.05, 3.63) is 12.7 Å². The number of hydrogen-bond donors (Lipinski definition) is 1. The molecule has 18 heavy (non-hydrogen) atoms. The first-order valence-corrected chi connectivity index (χ1v) is 7.21. The van der Waals surface area contributed by atoms with Crippen LogP contribution in [0.4, 0.5) is 0 Å². The fourth-order valence-electron chi connectivity index (χ4n) is 2.81. The summed E-state index contributed by atoms with van der Waals surface area (Å²) in [7, 11) is 0. The molecule has 0 bridgehead atoms. The maximum absolute atomic E-state index is 12.3. The highest BCUT2D eigenvalue weighted by Gasteiger charge is 2.40. The third kappa shape index (κ3) is 3.84. The van der Waals surface area contributed by atoms with Gasteiger partial charge in [-0.25, -0.2) is 0 Å². The lowest BCUT2D eigenvalue weighted by Gasteiger charge is -2.31. The number of rotatable bonds is 6. The van der Waals surface area contributed by atoms with E-state index >= 15 is 0 Å². The van der Waals surface area contributed by atoms with Gasteiger partial charge in [0.05, 0.1) is 6.61 Å². The summed E-state index contributed by atoms with van der Waals surface area (Å²) in [5.74, 6) is 0.676. The summed E-state index contributed by atoms with van der Waals surface area (Å²) in [5.41, 5.74) is -0.478. The van der Waals surface area contributed by atoms with E-state index in [-0.39, 0.29) is 5.97 Å². The minimum Gasteiger partial charge on any atom is -0.465 e. The van der Waals surface area contributed by atoms with E-state index in [0.29, 0.717) is 13.2 Å². The predicted octanol–water partition coefficient (Wildman–Crippen LogP) is 3.05. The van der Waals surface area contributed by atoms with Crippen molar-refractivity contribution in [2.45, 2.75) is 57.9 Å². The number of hydrogen-bond acceptors (Lipinski definition) is 3.